The fraction of sp³-hybridized carbons (Fsp3) is 0.176. The van der Waals surface area contributed by atoms with E-state index in [1.54, 1.807) is 30.3 Å². The number of fused-ring (bicyclic) bond motifs is 1. The lowest BCUT2D eigenvalue weighted by Gasteiger charge is -2.13. The molecule has 5 aromatic rings. The third kappa shape index (κ3) is 6.79. The topological polar surface area (TPSA) is 70.8 Å². The van der Waals surface area contributed by atoms with Crippen LogP contribution in [-0.2, 0) is 6.61 Å². The van der Waals surface area contributed by atoms with Crippen LogP contribution in [0.3, 0.4) is 0 Å². The highest BCUT2D eigenvalue weighted by atomic mass is 35.5. The third-order valence-corrected chi connectivity index (χ3v) is 6.65. The van der Waals surface area contributed by atoms with Crippen molar-refractivity contribution in [2.45, 2.75) is 26.9 Å². The minimum Gasteiger partial charge on any atom is -0.494 e. The van der Waals surface area contributed by atoms with Crippen LogP contribution in [0.25, 0.3) is 22.7 Å². The van der Waals surface area contributed by atoms with Gasteiger partial charge in [0.2, 0.25) is 5.89 Å². The minimum absolute atomic E-state index is 0.226. The van der Waals surface area contributed by atoms with E-state index in [0.717, 1.165) is 17.5 Å². The summed E-state index contributed by atoms with van der Waals surface area (Å²) in [6.07, 6.45) is 2.66. The molecule has 0 fully saturated rings. The summed E-state index contributed by atoms with van der Waals surface area (Å²) < 4.78 is 23.7. The number of benzene rings is 4. The average molecular weight is 568 g/mol. The first-order chi connectivity index (χ1) is 20.1. The molecule has 0 atom stereocenters. The number of ether oxygens (including phenoxy) is 3. The van der Waals surface area contributed by atoms with Gasteiger partial charge in [0, 0.05) is 16.1 Å². The van der Waals surface area contributed by atoms with Gasteiger partial charge in [0.05, 0.1) is 18.8 Å². The molecule has 0 aliphatic carbocycles. The van der Waals surface area contributed by atoms with Crippen molar-refractivity contribution >= 4 is 40.1 Å². The molecule has 41 heavy (non-hydrogen) atoms. The van der Waals surface area contributed by atoms with Gasteiger partial charge in [-0.15, -0.1) is 0 Å². The van der Waals surface area contributed by atoms with Crippen molar-refractivity contribution in [1.82, 2.24) is 4.98 Å². The SMILES string of the molecule is CCCOc1ccc(C(=O)/C(=C/c2ccc(OCc3ccccc3Cl)c(OCC)c2)c2nc3ccccc3o2)cc1. The van der Waals surface area contributed by atoms with Crippen molar-refractivity contribution in [1.29, 1.82) is 0 Å². The van der Waals surface area contributed by atoms with Gasteiger partial charge in [-0.1, -0.05) is 54.9 Å². The average Bonchev–Trinajstić information content (AvgIpc) is 3.43. The Morgan fingerprint density at radius 1 is 0.878 bits per heavy atom. The lowest BCUT2D eigenvalue weighted by Crippen LogP contribution is -2.04. The van der Waals surface area contributed by atoms with Crippen LogP contribution in [0.2, 0.25) is 5.02 Å². The number of Topliss-reactive ketones (excluding diaryl/α,β-unsaturated/α-hetero) is 1. The van der Waals surface area contributed by atoms with Crippen LogP contribution in [0, 0.1) is 0 Å². The molecule has 0 aliphatic rings. The standard InChI is InChI=1S/C34H30ClNO5/c1-3-19-39-26-16-14-24(15-17-26)33(37)27(34-36-29-11-7-8-12-30(29)41-34)20-23-13-18-31(32(21-23)38-4-2)40-22-25-9-5-6-10-28(25)35/h5-18,20-21H,3-4,19,22H2,1-2H3/b27-20-. The predicted molar refractivity (Wildman–Crippen MR) is 162 cm³/mol. The second-order valence-corrected chi connectivity index (χ2v) is 9.67. The summed E-state index contributed by atoms with van der Waals surface area (Å²) in [4.78, 5) is 18.5. The molecule has 6 nitrogen and oxygen atoms in total. The van der Waals surface area contributed by atoms with Gasteiger partial charge in [0.1, 0.15) is 17.9 Å². The molecule has 0 saturated carbocycles. The zero-order valence-corrected chi connectivity index (χ0v) is 23.7. The molecular weight excluding hydrogens is 538 g/mol. The van der Waals surface area contributed by atoms with Gasteiger partial charge in [0.15, 0.2) is 22.9 Å². The zero-order chi connectivity index (χ0) is 28.6. The largest absolute Gasteiger partial charge is 0.494 e. The molecule has 4 aromatic carbocycles. The third-order valence-electron chi connectivity index (χ3n) is 6.28. The molecule has 208 valence electrons. The van der Waals surface area contributed by atoms with Crippen molar-refractivity contribution in [2.24, 2.45) is 0 Å². The Balaban J connectivity index is 1.50. The molecule has 0 aliphatic heterocycles. The number of oxazole rings is 1. The molecule has 0 bridgehead atoms. The monoisotopic (exact) mass is 567 g/mol. The van der Waals surface area contributed by atoms with Gasteiger partial charge < -0.3 is 18.6 Å². The first-order valence-electron chi connectivity index (χ1n) is 13.5. The van der Waals surface area contributed by atoms with Gasteiger partial charge in [0.25, 0.3) is 0 Å². The highest BCUT2D eigenvalue weighted by Crippen LogP contribution is 2.33. The Morgan fingerprint density at radius 2 is 1.66 bits per heavy atom. The zero-order valence-electron chi connectivity index (χ0n) is 22.9. The number of carbonyl (C=O) groups is 1. The Hall–Kier alpha value is -4.55. The Bertz CT molecular complexity index is 1640. The first-order valence-corrected chi connectivity index (χ1v) is 13.9. The smallest absolute Gasteiger partial charge is 0.231 e. The summed E-state index contributed by atoms with van der Waals surface area (Å²) in [6, 6.07) is 27.6. The summed E-state index contributed by atoms with van der Waals surface area (Å²) >= 11 is 6.30. The second-order valence-electron chi connectivity index (χ2n) is 9.27. The Labute approximate surface area is 244 Å². The normalized spacial score (nSPS) is 11.4. The molecule has 0 spiro atoms. The molecule has 1 aromatic heterocycles. The number of para-hydroxylation sites is 2. The molecular formula is C34H30ClNO5. The van der Waals surface area contributed by atoms with Crippen LogP contribution in [0.4, 0.5) is 0 Å². The lowest BCUT2D eigenvalue weighted by molar-refractivity contribution is 0.105. The molecule has 0 N–H and O–H groups in total. The van der Waals surface area contributed by atoms with Gasteiger partial charge in [-0.05, 0) is 79.6 Å². The van der Waals surface area contributed by atoms with E-state index < -0.39 is 0 Å². The number of nitrogens with zero attached hydrogens (tertiary/aromatic N) is 1. The van der Waals surface area contributed by atoms with Crippen LogP contribution in [0.15, 0.2) is 95.4 Å². The summed E-state index contributed by atoms with van der Waals surface area (Å²) in [5.41, 5.74) is 3.68. The summed E-state index contributed by atoms with van der Waals surface area (Å²) in [5, 5.41) is 0.636. The van der Waals surface area contributed by atoms with Crippen molar-refractivity contribution in [2.75, 3.05) is 13.2 Å². The minimum atomic E-state index is -0.226. The molecule has 0 radical (unpaired) electrons. The van der Waals surface area contributed by atoms with Gasteiger partial charge in [-0.3, -0.25) is 4.79 Å². The maximum Gasteiger partial charge on any atom is 0.231 e. The maximum absolute atomic E-state index is 13.8. The van der Waals surface area contributed by atoms with Crippen LogP contribution in [0.5, 0.6) is 17.2 Å². The fourth-order valence-corrected chi connectivity index (χ4v) is 4.42. The first kappa shape index (κ1) is 28.0. The highest BCUT2D eigenvalue weighted by Gasteiger charge is 2.21. The van der Waals surface area contributed by atoms with Gasteiger partial charge in [-0.25, -0.2) is 4.98 Å². The summed E-state index contributed by atoms with van der Waals surface area (Å²) in [5.74, 6) is 1.84. The second kappa shape index (κ2) is 13.2. The number of allylic oxidation sites excluding steroid dienone is 1. The predicted octanol–water partition coefficient (Wildman–Crippen LogP) is 8.67. The summed E-state index contributed by atoms with van der Waals surface area (Å²) in [7, 11) is 0. The van der Waals surface area contributed by atoms with Crippen molar-refractivity contribution in [3.63, 3.8) is 0 Å². The maximum atomic E-state index is 13.8. The quantitative estimate of drug-likeness (QED) is 0.111. The molecule has 1 heterocycles. The van der Waals surface area contributed by atoms with Crippen LogP contribution >= 0.6 is 11.6 Å². The molecule has 0 saturated heterocycles. The molecule has 0 unspecified atom stereocenters. The number of ketones is 1. The van der Waals surface area contributed by atoms with Crippen molar-refractivity contribution < 1.29 is 23.4 Å². The molecule has 5 rings (SSSR count). The van der Waals surface area contributed by atoms with Gasteiger partial charge in [-0.2, -0.15) is 0 Å². The van der Waals surface area contributed by atoms with Crippen LogP contribution in [0.1, 0.15) is 47.6 Å². The van der Waals surface area contributed by atoms with Crippen molar-refractivity contribution in [3.05, 3.63) is 119 Å². The van der Waals surface area contributed by atoms with E-state index in [-0.39, 0.29) is 11.7 Å². The summed E-state index contributed by atoms with van der Waals surface area (Å²) in [6.45, 7) is 5.30. The van der Waals surface area contributed by atoms with Crippen molar-refractivity contribution in [3.8, 4) is 17.2 Å². The Kier molecular flexibility index (Phi) is 9.02. The van der Waals surface area contributed by atoms with E-state index in [1.165, 1.54) is 0 Å². The van der Waals surface area contributed by atoms with E-state index in [2.05, 4.69) is 4.98 Å². The highest BCUT2D eigenvalue weighted by molar-refractivity contribution is 6.32. The van der Waals surface area contributed by atoms with E-state index in [4.69, 9.17) is 30.2 Å². The number of rotatable bonds is 12. The van der Waals surface area contributed by atoms with E-state index in [1.807, 2.05) is 80.6 Å². The number of aromatic nitrogens is 1. The fourth-order valence-electron chi connectivity index (χ4n) is 4.23. The Morgan fingerprint density at radius 3 is 2.41 bits per heavy atom. The van der Waals surface area contributed by atoms with E-state index in [9.17, 15) is 4.79 Å². The molecule has 0 amide bonds. The number of hydrogen-bond donors (Lipinski definition) is 0. The van der Waals surface area contributed by atoms with E-state index >= 15 is 0 Å². The number of carbonyl (C=O) groups excluding carboxylic acids is 1. The lowest BCUT2D eigenvalue weighted by atomic mass is 10.0. The number of hydrogen-bond acceptors (Lipinski definition) is 6. The van der Waals surface area contributed by atoms with Crippen LogP contribution < -0.4 is 14.2 Å². The molecule has 7 heteroatoms. The van der Waals surface area contributed by atoms with Gasteiger partial charge >= 0.3 is 0 Å². The number of halogens is 1. The van der Waals surface area contributed by atoms with Crippen LogP contribution in [-0.4, -0.2) is 24.0 Å². The van der Waals surface area contributed by atoms with E-state index in [0.29, 0.717) is 64.3 Å².